The van der Waals surface area contributed by atoms with Crippen LogP contribution in [-0.4, -0.2) is 9.97 Å². The van der Waals surface area contributed by atoms with Gasteiger partial charge in [0.1, 0.15) is 0 Å². The number of aryl methyl sites for hydroxylation is 1. The lowest BCUT2D eigenvalue weighted by atomic mass is 9.88. The van der Waals surface area contributed by atoms with E-state index in [1.165, 1.54) is 46.7 Å². The molecule has 0 unspecified atom stereocenters. The number of hydrogen-bond donors (Lipinski definition) is 0. The molecule has 4 aromatic rings. The van der Waals surface area contributed by atoms with Crippen molar-refractivity contribution in [1.82, 2.24) is 9.97 Å². The van der Waals surface area contributed by atoms with E-state index in [0.717, 1.165) is 23.1 Å². The topological polar surface area (TPSA) is 25.8 Å². The zero-order valence-corrected chi connectivity index (χ0v) is 13.5. The second-order valence-electron chi connectivity index (χ2n) is 6.57. The van der Waals surface area contributed by atoms with Crippen LogP contribution in [0.5, 0.6) is 0 Å². The molecule has 24 heavy (non-hydrogen) atoms. The number of hydrogen-bond acceptors (Lipinski definition) is 2. The van der Waals surface area contributed by atoms with Gasteiger partial charge in [0.2, 0.25) is 0 Å². The molecular formula is C22H18N2. The first kappa shape index (κ1) is 13.7. The van der Waals surface area contributed by atoms with Crippen molar-refractivity contribution < 1.29 is 0 Å². The minimum Gasteiger partial charge on any atom is -0.236 e. The Morgan fingerprint density at radius 2 is 1.62 bits per heavy atom. The maximum atomic E-state index is 4.97. The van der Waals surface area contributed by atoms with Crippen LogP contribution in [0.2, 0.25) is 0 Å². The van der Waals surface area contributed by atoms with Crippen LogP contribution in [0, 0.1) is 0 Å². The van der Waals surface area contributed by atoms with Gasteiger partial charge in [0, 0.05) is 22.5 Å². The smallest absolute Gasteiger partial charge is 0.160 e. The van der Waals surface area contributed by atoms with Gasteiger partial charge in [-0.05, 0) is 42.2 Å². The molecule has 3 aromatic carbocycles. The Bertz CT molecular complexity index is 1070. The predicted octanol–water partition coefficient (Wildman–Crippen LogP) is 5.33. The van der Waals surface area contributed by atoms with Crippen LogP contribution in [0.1, 0.15) is 24.0 Å². The van der Waals surface area contributed by atoms with Gasteiger partial charge in [-0.15, -0.1) is 0 Å². The lowest BCUT2D eigenvalue weighted by Gasteiger charge is -2.18. The van der Waals surface area contributed by atoms with Gasteiger partial charge in [-0.2, -0.15) is 0 Å². The van der Waals surface area contributed by atoms with Gasteiger partial charge >= 0.3 is 0 Å². The van der Waals surface area contributed by atoms with E-state index in [4.69, 9.17) is 4.98 Å². The summed E-state index contributed by atoms with van der Waals surface area (Å²) in [5.74, 6) is 0.859. The summed E-state index contributed by atoms with van der Waals surface area (Å²) >= 11 is 0. The van der Waals surface area contributed by atoms with E-state index >= 15 is 0 Å². The third kappa shape index (κ3) is 2.10. The summed E-state index contributed by atoms with van der Waals surface area (Å²) in [5, 5.41) is 3.52. The fraction of sp³-hybridized carbons (Fsp3) is 0.182. The highest BCUT2D eigenvalue weighted by molar-refractivity contribution is 6.05. The fourth-order valence-corrected chi connectivity index (χ4v) is 3.89. The molecule has 1 aromatic heterocycles. The number of fused-ring (bicyclic) bond motifs is 4. The standard InChI is InChI=1S/C22H18N2/c1-3-9-18-15(6-1)8-5-11-20(18)22-23-14-17-13-12-16-7-2-4-10-19(16)21(17)24-22/h2,4-5,7-8,10-14H,1,3,6,9H2. The molecule has 0 atom stereocenters. The Hall–Kier alpha value is -2.74. The molecule has 0 radical (unpaired) electrons. The van der Waals surface area contributed by atoms with E-state index in [2.05, 4.69) is 59.6 Å². The van der Waals surface area contributed by atoms with Crippen molar-refractivity contribution in [3.8, 4) is 11.4 Å². The highest BCUT2D eigenvalue weighted by atomic mass is 14.9. The normalized spacial score (nSPS) is 14.0. The van der Waals surface area contributed by atoms with Crippen molar-refractivity contribution in [2.75, 3.05) is 0 Å². The average molecular weight is 310 g/mol. The summed E-state index contributed by atoms with van der Waals surface area (Å²) in [5.41, 5.74) is 5.18. The maximum absolute atomic E-state index is 4.97. The molecule has 0 aliphatic heterocycles. The van der Waals surface area contributed by atoms with Crippen LogP contribution in [0.25, 0.3) is 33.1 Å². The highest BCUT2D eigenvalue weighted by Crippen LogP contribution is 2.31. The molecule has 0 amide bonds. The zero-order chi connectivity index (χ0) is 15.9. The summed E-state index contributed by atoms with van der Waals surface area (Å²) < 4.78 is 0. The molecule has 0 fully saturated rings. The minimum absolute atomic E-state index is 0.859. The first-order valence-electron chi connectivity index (χ1n) is 8.66. The molecule has 1 aliphatic carbocycles. The largest absolute Gasteiger partial charge is 0.236 e. The Morgan fingerprint density at radius 3 is 2.62 bits per heavy atom. The predicted molar refractivity (Wildman–Crippen MR) is 99.1 cm³/mol. The van der Waals surface area contributed by atoms with E-state index in [1.54, 1.807) is 0 Å². The van der Waals surface area contributed by atoms with Crippen LogP contribution in [0.4, 0.5) is 0 Å². The van der Waals surface area contributed by atoms with E-state index in [-0.39, 0.29) is 0 Å². The number of rotatable bonds is 1. The average Bonchev–Trinajstić information content (AvgIpc) is 2.67. The lowest BCUT2D eigenvalue weighted by molar-refractivity contribution is 0.686. The highest BCUT2D eigenvalue weighted by Gasteiger charge is 2.16. The van der Waals surface area contributed by atoms with E-state index in [1.807, 2.05) is 6.20 Å². The van der Waals surface area contributed by atoms with E-state index < -0.39 is 0 Å². The quantitative estimate of drug-likeness (QED) is 0.444. The molecule has 0 saturated heterocycles. The molecule has 0 saturated carbocycles. The van der Waals surface area contributed by atoms with Crippen LogP contribution in [-0.2, 0) is 12.8 Å². The van der Waals surface area contributed by atoms with Crippen LogP contribution >= 0.6 is 0 Å². The SMILES string of the molecule is c1cc2c(c(-c3ncc4ccc5ccccc5c4n3)c1)CCCC2. The lowest BCUT2D eigenvalue weighted by Crippen LogP contribution is -2.05. The summed E-state index contributed by atoms with van der Waals surface area (Å²) in [6, 6.07) is 19.3. The van der Waals surface area contributed by atoms with Crippen molar-refractivity contribution in [3.05, 3.63) is 71.9 Å². The molecule has 0 bridgehead atoms. The van der Waals surface area contributed by atoms with Gasteiger partial charge in [0.25, 0.3) is 0 Å². The van der Waals surface area contributed by atoms with Crippen LogP contribution < -0.4 is 0 Å². The molecule has 1 aliphatic rings. The third-order valence-corrected chi connectivity index (χ3v) is 5.11. The molecule has 2 heteroatoms. The van der Waals surface area contributed by atoms with Gasteiger partial charge in [0.15, 0.2) is 5.82 Å². The Kier molecular flexibility index (Phi) is 3.08. The molecule has 0 N–H and O–H groups in total. The number of aromatic nitrogens is 2. The zero-order valence-electron chi connectivity index (χ0n) is 13.5. The molecule has 2 nitrogen and oxygen atoms in total. The first-order chi connectivity index (χ1) is 11.9. The van der Waals surface area contributed by atoms with Crippen molar-refractivity contribution in [3.63, 3.8) is 0 Å². The second kappa shape index (κ2) is 5.41. The van der Waals surface area contributed by atoms with Gasteiger partial charge in [-0.25, -0.2) is 9.97 Å². The van der Waals surface area contributed by atoms with Crippen molar-refractivity contribution in [1.29, 1.82) is 0 Å². The Morgan fingerprint density at radius 1 is 0.750 bits per heavy atom. The number of nitrogens with zero attached hydrogens (tertiary/aromatic N) is 2. The molecular weight excluding hydrogens is 292 g/mol. The van der Waals surface area contributed by atoms with Crippen molar-refractivity contribution in [2.45, 2.75) is 25.7 Å². The van der Waals surface area contributed by atoms with E-state index in [0.29, 0.717) is 0 Å². The molecule has 1 heterocycles. The Balaban J connectivity index is 1.78. The molecule has 0 spiro atoms. The summed E-state index contributed by atoms with van der Waals surface area (Å²) in [6.45, 7) is 0. The van der Waals surface area contributed by atoms with Crippen LogP contribution in [0.3, 0.4) is 0 Å². The second-order valence-corrected chi connectivity index (χ2v) is 6.57. The van der Waals surface area contributed by atoms with Crippen molar-refractivity contribution >= 4 is 21.7 Å². The minimum atomic E-state index is 0.859. The fourth-order valence-electron chi connectivity index (χ4n) is 3.89. The van der Waals surface area contributed by atoms with Gasteiger partial charge < -0.3 is 0 Å². The third-order valence-electron chi connectivity index (χ3n) is 5.11. The van der Waals surface area contributed by atoms with Gasteiger partial charge in [0.05, 0.1) is 5.52 Å². The number of benzene rings is 3. The monoisotopic (exact) mass is 310 g/mol. The molecule has 5 rings (SSSR count). The summed E-state index contributed by atoms with van der Waals surface area (Å²) in [4.78, 5) is 9.65. The summed E-state index contributed by atoms with van der Waals surface area (Å²) in [7, 11) is 0. The van der Waals surface area contributed by atoms with E-state index in [9.17, 15) is 0 Å². The molecule has 116 valence electrons. The van der Waals surface area contributed by atoms with Gasteiger partial charge in [-0.3, -0.25) is 0 Å². The van der Waals surface area contributed by atoms with Crippen LogP contribution in [0.15, 0.2) is 60.8 Å². The first-order valence-corrected chi connectivity index (χ1v) is 8.66. The maximum Gasteiger partial charge on any atom is 0.160 e. The summed E-state index contributed by atoms with van der Waals surface area (Å²) in [6.07, 6.45) is 6.84. The Labute approximate surface area is 141 Å². The van der Waals surface area contributed by atoms with Gasteiger partial charge in [-0.1, -0.05) is 54.6 Å². The van der Waals surface area contributed by atoms with Crippen molar-refractivity contribution in [2.24, 2.45) is 0 Å².